The van der Waals surface area contributed by atoms with E-state index in [1.165, 1.54) is 87.8 Å². The van der Waals surface area contributed by atoms with E-state index in [1.807, 2.05) is 0 Å². The third-order valence-electron chi connectivity index (χ3n) is 7.35. The van der Waals surface area contributed by atoms with E-state index >= 15 is 0 Å². The summed E-state index contributed by atoms with van der Waals surface area (Å²) in [7, 11) is 0. The minimum Gasteiger partial charge on any atom is -0.494 e. The van der Waals surface area contributed by atoms with E-state index in [2.05, 4.69) is 57.2 Å². The molecule has 3 rings (SSSR count). The molecule has 1 fully saturated rings. The van der Waals surface area contributed by atoms with Crippen LogP contribution in [0.25, 0.3) is 10.8 Å². The summed E-state index contributed by atoms with van der Waals surface area (Å²) in [5, 5.41) is 2.67. The zero-order valence-corrected chi connectivity index (χ0v) is 19.8. The molecule has 0 saturated heterocycles. The third kappa shape index (κ3) is 7.03. The van der Waals surface area contributed by atoms with Crippen LogP contribution in [0.15, 0.2) is 36.4 Å². The van der Waals surface area contributed by atoms with E-state index in [-0.39, 0.29) is 0 Å². The van der Waals surface area contributed by atoms with Gasteiger partial charge in [-0.15, -0.1) is 0 Å². The molecule has 0 bridgehead atoms. The van der Waals surface area contributed by atoms with Crippen LogP contribution in [0.5, 0.6) is 5.75 Å². The van der Waals surface area contributed by atoms with Crippen molar-refractivity contribution in [3.63, 3.8) is 0 Å². The zero-order valence-electron chi connectivity index (χ0n) is 19.8. The maximum Gasteiger partial charge on any atom is 0.119 e. The highest BCUT2D eigenvalue weighted by Crippen LogP contribution is 2.39. The Labute approximate surface area is 185 Å². The number of benzene rings is 2. The van der Waals surface area contributed by atoms with E-state index in [0.29, 0.717) is 0 Å². The number of unbranched alkanes of at least 4 members (excludes halogenated alkanes) is 5. The second kappa shape index (κ2) is 12.4. The predicted octanol–water partition coefficient (Wildman–Crippen LogP) is 9.29. The van der Waals surface area contributed by atoms with Crippen LogP contribution < -0.4 is 4.74 Å². The molecule has 0 radical (unpaired) electrons. The Bertz CT molecular complexity index is 741. The number of ether oxygens (including phenoxy) is 1. The summed E-state index contributed by atoms with van der Waals surface area (Å²) in [5.74, 6) is 3.63. The molecule has 2 aromatic rings. The highest BCUT2D eigenvalue weighted by atomic mass is 16.5. The van der Waals surface area contributed by atoms with Crippen LogP contribution >= 0.6 is 0 Å². The molecule has 1 heteroatoms. The lowest BCUT2D eigenvalue weighted by molar-refractivity contribution is 0.273. The van der Waals surface area contributed by atoms with Crippen molar-refractivity contribution >= 4 is 10.8 Å². The fraction of sp³-hybridized carbons (Fsp3) is 0.655. The van der Waals surface area contributed by atoms with E-state index < -0.39 is 0 Å². The van der Waals surface area contributed by atoms with Crippen molar-refractivity contribution in [2.45, 2.75) is 104 Å². The van der Waals surface area contributed by atoms with Crippen molar-refractivity contribution in [1.82, 2.24) is 0 Å². The summed E-state index contributed by atoms with van der Waals surface area (Å²) in [5.41, 5.74) is 1.55. The Morgan fingerprint density at radius 3 is 2.30 bits per heavy atom. The molecule has 1 nitrogen and oxygen atoms in total. The van der Waals surface area contributed by atoms with E-state index in [9.17, 15) is 0 Å². The minimum atomic E-state index is 0.756. The van der Waals surface area contributed by atoms with Gasteiger partial charge in [0.25, 0.3) is 0 Å². The largest absolute Gasteiger partial charge is 0.494 e. The first-order valence-electron chi connectivity index (χ1n) is 12.9. The van der Waals surface area contributed by atoms with Crippen molar-refractivity contribution in [2.75, 3.05) is 6.61 Å². The molecule has 1 aliphatic carbocycles. The van der Waals surface area contributed by atoms with Gasteiger partial charge in [-0.3, -0.25) is 0 Å². The molecule has 2 aromatic carbocycles. The molecule has 0 heterocycles. The average Bonchev–Trinajstić information content (AvgIpc) is 2.78. The summed E-state index contributed by atoms with van der Waals surface area (Å²) in [6.45, 7) is 7.86. The van der Waals surface area contributed by atoms with Crippen LogP contribution in [0.2, 0.25) is 0 Å². The molecular formula is C29H44O. The molecule has 1 aliphatic rings. The average molecular weight is 409 g/mol. The lowest BCUT2D eigenvalue weighted by atomic mass is 9.75. The molecule has 0 spiro atoms. The minimum absolute atomic E-state index is 0.756. The first-order chi connectivity index (χ1) is 14.7. The Balaban J connectivity index is 1.48. The Hall–Kier alpha value is -1.50. The van der Waals surface area contributed by atoms with Gasteiger partial charge in [0, 0.05) is 0 Å². The van der Waals surface area contributed by atoms with Crippen LogP contribution in [0.1, 0.15) is 109 Å². The topological polar surface area (TPSA) is 9.23 Å². The fourth-order valence-corrected chi connectivity index (χ4v) is 5.13. The lowest BCUT2D eigenvalue weighted by Crippen LogP contribution is -2.15. The summed E-state index contributed by atoms with van der Waals surface area (Å²) in [6.07, 6.45) is 16.2. The monoisotopic (exact) mass is 408 g/mol. The normalized spacial score (nSPS) is 20.4. The summed E-state index contributed by atoms with van der Waals surface area (Å²) in [6, 6.07) is 13.8. The highest BCUT2D eigenvalue weighted by Gasteiger charge is 2.23. The SMILES string of the molecule is CCCCCCCCOc1ccc2cc(C3CCC(CC(C)CC)CC3)ccc2c1. The van der Waals surface area contributed by atoms with Crippen molar-refractivity contribution < 1.29 is 4.74 Å². The quantitative estimate of drug-likeness (QED) is 0.318. The Kier molecular flexibility index (Phi) is 9.56. The van der Waals surface area contributed by atoms with Gasteiger partial charge in [-0.05, 0) is 84.7 Å². The van der Waals surface area contributed by atoms with E-state index in [1.54, 1.807) is 5.56 Å². The molecule has 1 unspecified atom stereocenters. The first kappa shape index (κ1) is 23.2. The number of fused-ring (bicyclic) bond motifs is 1. The molecule has 0 aromatic heterocycles. The smallest absolute Gasteiger partial charge is 0.119 e. The van der Waals surface area contributed by atoms with Crippen LogP contribution in [-0.4, -0.2) is 6.61 Å². The molecule has 30 heavy (non-hydrogen) atoms. The molecule has 1 atom stereocenters. The molecule has 0 aliphatic heterocycles. The maximum atomic E-state index is 6.02. The van der Waals surface area contributed by atoms with Gasteiger partial charge in [-0.2, -0.15) is 0 Å². The lowest BCUT2D eigenvalue weighted by Gasteiger charge is -2.30. The van der Waals surface area contributed by atoms with E-state index in [0.717, 1.165) is 30.1 Å². The predicted molar refractivity (Wildman–Crippen MR) is 132 cm³/mol. The van der Waals surface area contributed by atoms with Crippen LogP contribution in [0.3, 0.4) is 0 Å². The summed E-state index contributed by atoms with van der Waals surface area (Å²) >= 11 is 0. The van der Waals surface area contributed by atoms with Gasteiger partial charge in [0.1, 0.15) is 5.75 Å². The molecule has 166 valence electrons. The second-order valence-corrected chi connectivity index (χ2v) is 9.85. The highest BCUT2D eigenvalue weighted by molar-refractivity contribution is 5.84. The van der Waals surface area contributed by atoms with Gasteiger partial charge in [0.05, 0.1) is 6.61 Å². The van der Waals surface area contributed by atoms with Gasteiger partial charge < -0.3 is 4.74 Å². The summed E-state index contributed by atoms with van der Waals surface area (Å²) in [4.78, 5) is 0. The van der Waals surface area contributed by atoms with Gasteiger partial charge in [0.2, 0.25) is 0 Å². The van der Waals surface area contributed by atoms with Crippen LogP contribution in [-0.2, 0) is 0 Å². The van der Waals surface area contributed by atoms with Crippen LogP contribution in [0, 0.1) is 11.8 Å². The number of hydrogen-bond acceptors (Lipinski definition) is 1. The third-order valence-corrected chi connectivity index (χ3v) is 7.35. The van der Waals surface area contributed by atoms with Crippen molar-refractivity contribution in [3.8, 4) is 5.75 Å². The van der Waals surface area contributed by atoms with Gasteiger partial charge in [-0.25, -0.2) is 0 Å². The van der Waals surface area contributed by atoms with E-state index in [4.69, 9.17) is 4.74 Å². The van der Waals surface area contributed by atoms with Crippen molar-refractivity contribution in [2.24, 2.45) is 11.8 Å². The maximum absolute atomic E-state index is 6.02. The zero-order chi connectivity index (χ0) is 21.2. The Morgan fingerprint density at radius 2 is 1.53 bits per heavy atom. The Morgan fingerprint density at radius 1 is 0.833 bits per heavy atom. The summed E-state index contributed by atoms with van der Waals surface area (Å²) < 4.78 is 6.02. The first-order valence-corrected chi connectivity index (χ1v) is 12.9. The van der Waals surface area contributed by atoms with Crippen molar-refractivity contribution in [1.29, 1.82) is 0 Å². The van der Waals surface area contributed by atoms with Gasteiger partial charge in [-0.1, -0.05) is 83.6 Å². The fourth-order valence-electron chi connectivity index (χ4n) is 5.13. The van der Waals surface area contributed by atoms with Crippen LogP contribution in [0.4, 0.5) is 0 Å². The number of rotatable bonds is 12. The number of hydrogen-bond donors (Lipinski definition) is 0. The van der Waals surface area contributed by atoms with Gasteiger partial charge >= 0.3 is 0 Å². The molecule has 0 amide bonds. The van der Waals surface area contributed by atoms with Crippen molar-refractivity contribution in [3.05, 3.63) is 42.0 Å². The second-order valence-electron chi connectivity index (χ2n) is 9.85. The molecule has 0 N–H and O–H groups in total. The molecule has 1 saturated carbocycles. The standard InChI is InChI=1S/C29H44O/c1-4-6-7-8-9-10-19-30-29-18-17-27-21-26(15-16-28(27)22-29)25-13-11-24(12-14-25)20-23(3)5-2/h15-18,21-25H,4-14,19-20H2,1-3H3. The molecular weight excluding hydrogens is 364 g/mol. The van der Waals surface area contributed by atoms with Gasteiger partial charge in [0.15, 0.2) is 0 Å².